The molecule has 0 radical (unpaired) electrons. The van der Waals surface area contributed by atoms with E-state index in [1.165, 1.54) is 0 Å². The summed E-state index contributed by atoms with van der Waals surface area (Å²) in [5.74, 6) is -2.33. The second-order valence-electron chi connectivity index (χ2n) is 26.2. The van der Waals surface area contributed by atoms with E-state index in [0.717, 1.165) is 199 Å². The molecule has 0 bridgehead atoms. The highest BCUT2D eigenvalue weighted by Gasteiger charge is 2.30. The number of esters is 4. The maximum atomic E-state index is 13.1. The fourth-order valence-electron chi connectivity index (χ4n) is 9.96. The summed E-state index contributed by atoms with van der Waals surface area (Å²) < 4.78 is 68.6. The van der Waals surface area contributed by atoms with Crippen LogP contribution in [-0.2, 0) is 65.4 Å². The number of unbranched alkanes of at least 4 members (excludes halogenated alkanes) is 16. The lowest BCUT2D eigenvalue weighted by Crippen LogP contribution is -2.30. The number of rotatable bonds is 74. The zero-order valence-electron chi connectivity index (χ0n) is 66.7. The Balaban J connectivity index is 5.49. The van der Waals surface area contributed by atoms with Crippen molar-refractivity contribution in [3.63, 3.8) is 0 Å². The van der Waals surface area contributed by atoms with Gasteiger partial charge in [0.05, 0.1) is 26.4 Å². The van der Waals surface area contributed by atoms with Gasteiger partial charge in [-0.3, -0.25) is 37.3 Å². The molecule has 0 aromatic heterocycles. The Morgan fingerprint density at radius 2 is 0.491 bits per heavy atom. The Hall–Kier alpha value is -6.10. The molecule has 108 heavy (non-hydrogen) atoms. The summed E-state index contributed by atoms with van der Waals surface area (Å²) in [4.78, 5) is 73.1. The van der Waals surface area contributed by atoms with Gasteiger partial charge in [0, 0.05) is 25.7 Å². The molecule has 0 amide bonds. The predicted octanol–water partition coefficient (Wildman–Crippen LogP) is 24.1. The summed E-state index contributed by atoms with van der Waals surface area (Å²) in [6.07, 6.45) is 97.0. The van der Waals surface area contributed by atoms with Crippen molar-refractivity contribution in [1.29, 1.82) is 0 Å². The zero-order chi connectivity index (χ0) is 78.9. The molecule has 0 aliphatic heterocycles. The minimum atomic E-state index is -5.01. The lowest BCUT2D eigenvalue weighted by molar-refractivity contribution is -0.161. The van der Waals surface area contributed by atoms with E-state index in [4.69, 9.17) is 37.0 Å². The first kappa shape index (κ1) is 102. The number of aliphatic hydroxyl groups is 1. The van der Waals surface area contributed by atoms with Crippen LogP contribution in [0.5, 0.6) is 0 Å². The first-order valence-corrected chi connectivity index (χ1v) is 43.7. The van der Waals surface area contributed by atoms with Gasteiger partial charge >= 0.3 is 39.5 Å². The number of carbonyl (C=O) groups is 4. The molecule has 0 aliphatic rings. The van der Waals surface area contributed by atoms with Crippen LogP contribution >= 0.6 is 15.6 Å². The third-order valence-corrected chi connectivity index (χ3v) is 17.9. The van der Waals surface area contributed by atoms with E-state index in [9.17, 15) is 43.2 Å². The van der Waals surface area contributed by atoms with E-state index in [1.54, 1.807) is 0 Å². The van der Waals surface area contributed by atoms with Crippen LogP contribution in [0.4, 0.5) is 0 Å². The van der Waals surface area contributed by atoms with Gasteiger partial charge in [-0.2, -0.15) is 0 Å². The SMILES string of the molecule is CC/C=C\C/C=C\C/C=C\C/C=C\C/C=C\CCCCCC(=O)OCC(COP(=O)(O)OCC(O)COP(=O)(O)OCC(COC(=O)CCC/C=C\C/C=C\C/C=C\C/C=C\C/C=C\CC)OC(=O)CCCCCCC/C=C\C/C=C\CCC)OC(=O)CCCCCCCC/C=C\C/C=C\C/C=C\C/C=C\CC. The van der Waals surface area contributed by atoms with Crippen molar-refractivity contribution in [2.45, 2.75) is 303 Å². The molecular weight excluding hydrogens is 1400 g/mol. The Labute approximate surface area is 653 Å². The van der Waals surface area contributed by atoms with Crippen molar-refractivity contribution in [1.82, 2.24) is 0 Å². The average molecular weight is 1550 g/mol. The van der Waals surface area contributed by atoms with Crippen molar-refractivity contribution in [2.75, 3.05) is 39.6 Å². The topological polar surface area (TPSA) is 237 Å². The third-order valence-electron chi connectivity index (χ3n) is 16.0. The van der Waals surface area contributed by atoms with Gasteiger partial charge < -0.3 is 33.8 Å². The van der Waals surface area contributed by atoms with Crippen molar-refractivity contribution < 1.29 is 80.2 Å². The smallest absolute Gasteiger partial charge is 0.462 e. The molecule has 0 rings (SSSR count). The van der Waals surface area contributed by atoms with E-state index < -0.39 is 97.5 Å². The summed E-state index contributed by atoms with van der Waals surface area (Å²) in [5.41, 5.74) is 0. The lowest BCUT2D eigenvalue weighted by Gasteiger charge is -2.21. The molecule has 0 spiro atoms. The van der Waals surface area contributed by atoms with Crippen LogP contribution in [0.2, 0.25) is 0 Å². The molecule has 0 heterocycles. The normalized spacial score (nSPS) is 14.8. The number of phosphoric ester groups is 2. The molecule has 610 valence electrons. The number of allylic oxidation sites excluding steroid dienone is 32. The molecule has 0 saturated heterocycles. The molecule has 5 unspecified atom stereocenters. The quantitative estimate of drug-likeness (QED) is 0.0169. The number of phosphoric acid groups is 2. The van der Waals surface area contributed by atoms with Crippen LogP contribution < -0.4 is 0 Å². The van der Waals surface area contributed by atoms with Crippen LogP contribution in [0.15, 0.2) is 194 Å². The van der Waals surface area contributed by atoms with Gasteiger partial charge in [0.15, 0.2) is 12.2 Å². The average Bonchev–Trinajstić information content (AvgIpc) is 0.892. The van der Waals surface area contributed by atoms with Crippen LogP contribution in [0.25, 0.3) is 0 Å². The highest BCUT2D eigenvalue weighted by molar-refractivity contribution is 7.47. The van der Waals surface area contributed by atoms with Gasteiger partial charge in [0.1, 0.15) is 19.3 Å². The Bertz CT molecular complexity index is 2810. The second kappa shape index (κ2) is 79.0. The molecule has 3 N–H and O–H groups in total. The van der Waals surface area contributed by atoms with Gasteiger partial charge in [-0.1, -0.05) is 280 Å². The summed E-state index contributed by atoms with van der Waals surface area (Å²) in [6, 6.07) is 0. The van der Waals surface area contributed by atoms with Gasteiger partial charge in [-0.05, 0) is 173 Å². The van der Waals surface area contributed by atoms with Gasteiger partial charge in [-0.25, -0.2) is 9.13 Å². The lowest BCUT2D eigenvalue weighted by atomic mass is 10.1. The maximum absolute atomic E-state index is 13.1. The molecule has 0 aromatic rings. The van der Waals surface area contributed by atoms with Crippen LogP contribution in [0.3, 0.4) is 0 Å². The zero-order valence-corrected chi connectivity index (χ0v) is 68.5. The maximum Gasteiger partial charge on any atom is 0.472 e. The molecule has 0 aliphatic carbocycles. The van der Waals surface area contributed by atoms with Gasteiger partial charge in [-0.15, -0.1) is 0 Å². The van der Waals surface area contributed by atoms with Crippen molar-refractivity contribution >= 4 is 39.5 Å². The first-order chi connectivity index (χ1) is 52.7. The first-order valence-electron chi connectivity index (χ1n) is 40.7. The molecule has 0 aromatic carbocycles. The summed E-state index contributed by atoms with van der Waals surface area (Å²) in [5, 5.41) is 10.7. The third kappa shape index (κ3) is 78.0. The molecule has 0 saturated carbocycles. The van der Waals surface area contributed by atoms with E-state index in [-0.39, 0.29) is 25.7 Å². The van der Waals surface area contributed by atoms with Crippen LogP contribution in [0, 0.1) is 0 Å². The minimum Gasteiger partial charge on any atom is -0.462 e. The number of hydrogen-bond acceptors (Lipinski definition) is 15. The van der Waals surface area contributed by atoms with E-state index in [0.29, 0.717) is 32.1 Å². The van der Waals surface area contributed by atoms with Crippen LogP contribution in [-0.4, -0.2) is 96.7 Å². The number of aliphatic hydroxyl groups excluding tert-OH is 1. The predicted molar refractivity (Wildman–Crippen MR) is 445 cm³/mol. The molecule has 0 fully saturated rings. The highest BCUT2D eigenvalue weighted by atomic mass is 31.2. The molecule has 19 heteroatoms. The Morgan fingerprint density at radius 3 is 0.787 bits per heavy atom. The van der Waals surface area contributed by atoms with E-state index in [2.05, 4.69) is 210 Å². The number of ether oxygens (including phenoxy) is 4. The largest absolute Gasteiger partial charge is 0.472 e. The minimum absolute atomic E-state index is 0.0583. The molecule has 5 atom stereocenters. The van der Waals surface area contributed by atoms with Crippen molar-refractivity contribution in [2.24, 2.45) is 0 Å². The monoisotopic (exact) mass is 1540 g/mol. The van der Waals surface area contributed by atoms with E-state index in [1.807, 2.05) is 12.2 Å². The highest BCUT2D eigenvalue weighted by Crippen LogP contribution is 2.45. The number of hydrogen-bond donors (Lipinski definition) is 3. The van der Waals surface area contributed by atoms with Crippen molar-refractivity contribution in [3.8, 4) is 0 Å². The second-order valence-corrected chi connectivity index (χ2v) is 29.1. The summed E-state index contributed by atoms with van der Waals surface area (Å²) >= 11 is 0. The van der Waals surface area contributed by atoms with Gasteiger partial charge in [0.25, 0.3) is 0 Å². The Kier molecular flexibility index (Phi) is 74.5. The fraction of sp³-hybridized carbons (Fsp3) is 0.596. The summed E-state index contributed by atoms with van der Waals surface area (Å²) in [6.45, 7) is 4.31. The van der Waals surface area contributed by atoms with Crippen LogP contribution in [0.1, 0.15) is 285 Å². The van der Waals surface area contributed by atoms with Gasteiger partial charge in [0.2, 0.25) is 0 Å². The summed E-state index contributed by atoms with van der Waals surface area (Å²) in [7, 11) is -10.0. The standard InChI is InChI=1S/C89H142O17P2/c1-5-9-13-17-21-25-29-33-36-39-41-44-47-51-54-58-62-66-70-74-87(92)100-80-85(106-89(94)76-72-68-64-60-56-52-48-45-42-40-37-34-30-26-22-18-14-10-6-2)82-104-108(97,98)102-78-83(90)77-101-107(95,96)103-81-84(105-88(93)75-71-67-63-59-55-49-32-28-24-20-16-12-8-4)79-99-86(91)73-69-65-61-57-53-50-46-43-38-35-31-27-23-19-15-11-7-3/h9-11,13-16,20-23,25-28,32-38,41-42,44-46,50-51,54,57,61,83-85,90H,5-8,12,17-19,24,29-31,39-40,43,47-49,52-53,55-56,58-60,62-82H2,1-4H3,(H,95,96)(H,97,98)/b13-9-,14-10-,15-11-,20-16-,25-21-,26-22-,27-23-,32-28-,36-33-,37-34-,38-35-,44-41-,45-42-,50-46-,54-51-,61-57-. The Morgan fingerprint density at radius 1 is 0.269 bits per heavy atom. The fourth-order valence-corrected chi connectivity index (χ4v) is 11.5. The number of carbonyl (C=O) groups excluding carboxylic acids is 4. The van der Waals surface area contributed by atoms with E-state index >= 15 is 0 Å². The molecular formula is C89H142O17P2. The van der Waals surface area contributed by atoms with Crippen molar-refractivity contribution in [3.05, 3.63) is 194 Å². The molecule has 17 nitrogen and oxygen atoms in total.